The van der Waals surface area contributed by atoms with Crippen LogP contribution in [0.3, 0.4) is 0 Å². The van der Waals surface area contributed by atoms with Gasteiger partial charge in [-0.15, -0.1) is 5.10 Å². The molecule has 0 aromatic carbocycles. The molecule has 1 unspecified atom stereocenters. The molecule has 2 N–H and O–H groups in total. The largest absolute Gasteiger partial charge is 0.330 e. The lowest BCUT2D eigenvalue weighted by atomic mass is 10.0. The molecule has 1 rings (SSSR count). The van der Waals surface area contributed by atoms with Crippen molar-refractivity contribution in [1.29, 1.82) is 0 Å². The first-order valence-corrected chi connectivity index (χ1v) is 4.30. The van der Waals surface area contributed by atoms with Crippen molar-refractivity contribution in [2.45, 2.75) is 25.7 Å². The number of hydrogen-bond acceptors (Lipinski definition) is 3. The summed E-state index contributed by atoms with van der Waals surface area (Å²) < 4.78 is 1.73. The van der Waals surface area contributed by atoms with Gasteiger partial charge in [-0.3, -0.25) is 4.68 Å². The second-order valence-electron chi connectivity index (χ2n) is 3.15. The second-order valence-corrected chi connectivity index (χ2v) is 3.15. The molecule has 0 aliphatic rings. The van der Waals surface area contributed by atoms with Crippen LogP contribution in [0.2, 0.25) is 0 Å². The summed E-state index contributed by atoms with van der Waals surface area (Å²) >= 11 is 0. The summed E-state index contributed by atoms with van der Waals surface area (Å²) in [5.74, 6) is 0.474. The van der Waals surface area contributed by atoms with E-state index in [1.165, 1.54) is 0 Å². The Kier molecular flexibility index (Phi) is 3.22. The Hall–Kier alpha value is -0.900. The summed E-state index contributed by atoms with van der Waals surface area (Å²) in [6.07, 6.45) is 4.11. The zero-order valence-electron chi connectivity index (χ0n) is 7.70. The average Bonchev–Trinajstić information content (AvgIpc) is 2.47. The van der Waals surface area contributed by atoms with E-state index in [1.807, 2.05) is 13.2 Å². The summed E-state index contributed by atoms with van der Waals surface area (Å²) in [7, 11) is 1.88. The normalized spacial score (nSPS) is 13.2. The summed E-state index contributed by atoms with van der Waals surface area (Å²) in [5, 5.41) is 7.92. The van der Waals surface area contributed by atoms with Crippen LogP contribution in [0.25, 0.3) is 0 Å². The van der Waals surface area contributed by atoms with Gasteiger partial charge in [0.1, 0.15) is 0 Å². The van der Waals surface area contributed by atoms with Crippen LogP contribution in [-0.2, 0) is 7.05 Å². The lowest BCUT2D eigenvalue weighted by Crippen LogP contribution is -2.02. The van der Waals surface area contributed by atoms with Gasteiger partial charge in [0, 0.05) is 19.2 Å². The Morgan fingerprint density at radius 1 is 1.67 bits per heavy atom. The highest BCUT2D eigenvalue weighted by molar-refractivity contribution is 4.99. The Bertz CT molecular complexity index is 231. The number of hydrogen-bond donors (Lipinski definition) is 1. The van der Waals surface area contributed by atoms with E-state index >= 15 is 0 Å². The van der Waals surface area contributed by atoms with Crippen LogP contribution in [0.5, 0.6) is 0 Å². The van der Waals surface area contributed by atoms with Crippen molar-refractivity contribution in [1.82, 2.24) is 15.0 Å². The molecule has 4 nitrogen and oxygen atoms in total. The molecule has 68 valence electrons. The Balaban J connectivity index is 2.47. The van der Waals surface area contributed by atoms with Gasteiger partial charge in [0.15, 0.2) is 0 Å². The van der Waals surface area contributed by atoms with Gasteiger partial charge in [0.2, 0.25) is 0 Å². The summed E-state index contributed by atoms with van der Waals surface area (Å²) in [4.78, 5) is 0. The molecule has 0 saturated carbocycles. The lowest BCUT2D eigenvalue weighted by Gasteiger charge is -2.04. The molecule has 1 heterocycles. The Morgan fingerprint density at radius 2 is 2.42 bits per heavy atom. The van der Waals surface area contributed by atoms with Crippen LogP contribution in [0.1, 0.15) is 31.4 Å². The molecule has 1 atom stereocenters. The van der Waals surface area contributed by atoms with Crippen molar-refractivity contribution >= 4 is 0 Å². The van der Waals surface area contributed by atoms with Gasteiger partial charge in [-0.2, -0.15) is 0 Å². The van der Waals surface area contributed by atoms with E-state index in [0.29, 0.717) is 5.92 Å². The first kappa shape index (κ1) is 9.19. The molecule has 0 fully saturated rings. The van der Waals surface area contributed by atoms with Crippen LogP contribution < -0.4 is 5.73 Å². The third-order valence-electron chi connectivity index (χ3n) is 1.97. The van der Waals surface area contributed by atoms with Crippen molar-refractivity contribution < 1.29 is 0 Å². The van der Waals surface area contributed by atoms with Crippen molar-refractivity contribution in [2.75, 3.05) is 6.54 Å². The molecular formula is C8H16N4. The van der Waals surface area contributed by atoms with E-state index in [9.17, 15) is 0 Å². The highest BCUT2D eigenvalue weighted by atomic mass is 15.4. The highest BCUT2D eigenvalue weighted by Gasteiger charge is 2.07. The summed E-state index contributed by atoms with van der Waals surface area (Å²) in [5.41, 5.74) is 6.48. The zero-order valence-corrected chi connectivity index (χ0v) is 7.70. The molecule has 1 aromatic rings. The number of nitrogens with two attached hydrogens (primary N) is 1. The molecule has 4 heteroatoms. The number of aryl methyl sites for hydroxylation is 1. The fourth-order valence-corrected chi connectivity index (χ4v) is 1.16. The van der Waals surface area contributed by atoms with E-state index < -0.39 is 0 Å². The molecule has 0 radical (unpaired) electrons. The van der Waals surface area contributed by atoms with Crippen LogP contribution in [0.4, 0.5) is 0 Å². The van der Waals surface area contributed by atoms with Gasteiger partial charge in [-0.25, -0.2) is 0 Å². The van der Waals surface area contributed by atoms with Crippen LogP contribution in [-0.4, -0.2) is 21.5 Å². The van der Waals surface area contributed by atoms with Gasteiger partial charge < -0.3 is 5.73 Å². The third kappa shape index (κ3) is 2.30. The minimum Gasteiger partial charge on any atom is -0.330 e. The minimum absolute atomic E-state index is 0.474. The Labute approximate surface area is 72.8 Å². The van der Waals surface area contributed by atoms with Crippen LogP contribution in [0.15, 0.2) is 6.20 Å². The van der Waals surface area contributed by atoms with Gasteiger partial charge >= 0.3 is 0 Å². The molecule has 1 aromatic heterocycles. The standard InChI is InChI=1S/C8H16N4/c1-7(4-3-5-9)8-6-12(2)11-10-8/h6-7H,3-5,9H2,1-2H3. The monoisotopic (exact) mass is 168 g/mol. The molecule has 12 heavy (non-hydrogen) atoms. The zero-order chi connectivity index (χ0) is 8.97. The van der Waals surface area contributed by atoms with E-state index in [-0.39, 0.29) is 0 Å². The van der Waals surface area contributed by atoms with Crippen LogP contribution in [0, 0.1) is 0 Å². The number of nitrogens with zero attached hydrogens (tertiary/aromatic N) is 3. The fraction of sp³-hybridized carbons (Fsp3) is 0.750. The fourth-order valence-electron chi connectivity index (χ4n) is 1.16. The van der Waals surface area contributed by atoms with E-state index in [0.717, 1.165) is 25.1 Å². The van der Waals surface area contributed by atoms with E-state index in [4.69, 9.17) is 5.73 Å². The molecule has 0 amide bonds. The summed E-state index contributed by atoms with van der Waals surface area (Å²) in [6, 6.07) is 0. The van der Waals surface area contributed by atoms with E-state index in [2.05, 4.69) is 17.2 Å². The smallest absolute Gasteiger partial charge is 0.0855 e. The van der Waals surface area contributed by atoms with Gasteiger partial charge in [-0.1, -0.05) is 12.1 Å². The maximum atomic E-state index is 5.42. The molecule has 0 bridgehead atoms. The molecule has 0 aliphatic carbocycles. The van der Waals surface area contributed by atoms with Crippen LogP contribution >= 0.6 is 0 Å². The molecule has 0 saturated heterocycles. The SMILES string of the molecule is CC(CCCN)c1cn(C)nn1. The van der Waals surface area contributed by atoms with Crippen molar-refractivity contribution in [3.63, 3.8) is 0 Å². The van der Waals surface area contributed by atoms with Gasteiger partial charge in [0.05, 0.1) is 5.69 Å². The predicted molar refractivity (Wildman–Crippen MR) is 47.7 cm³/mol. The van der Waals surface area contributed by atoms with Gasteiger partial charge in [0.25, 0.3) is 0 Å². The lowest BCUT2D eigenvalue weighted by molar-refractivity contribution is 0.623. The van der Waals surface area contributed by atoms with Crippen molar-refractivity contribution in [2.24, 2.45) is 12.8 Å². The number of aromatic nitrogens is 3. The second kappa shape index (κ2) is 4.21. The molecule has 0 aliphatic heterocycles. The maximum absolute atomic E-state index is 5.42. The molecular weight excluding hydrogens is 152 g/mol. The minimum atomic E-state index is 0.474. The molecule has 0 spiro atoms. The number of rotatable bonds is 4. The Morgan fingerprint density at radius 3 is 2.92 bits per heavy atom. The highest BCUT2D eigenvalue weighted by Crippen LogP contribution is 2.16. The average molecular weight is 168 g/mol. The maximum Gasteiger partial charge on any atom is 0.0855 e. The topological polar surface area (TPSA) is 56.7 Å². The first-order valence-electron chi connectivity index (χ1n) is 4.30. The van der Waals surface area contributed by atoms with Gasteiger partial charge in [-0.05, 0) is 19.4 Å². The predicted octanol–water partition coefficient (Wildman–Crippen LogP) is 0.658. The van der Waals surface area contributed by atoms with E-state index in [1.54, 1.807) is 4.68 Å². The third-order valence-corrected chi connectivity index (χ3v) is 1.97. The van der Waals surface area contributed by atoms with Crippen molar-refractivity contribution in [3.8, 4) is 0 Å². The quantitative estimate of drug-likeness (QED) is 0.718. The summed E-state index contributed by atoms with van der Waals surface area (Å²) in [6.45, 7) is 2.91. The first-order chi connectivity index (χ1) is 5.74. The van der Waals surface area contributed by atoms with Crippen molar-refractivity contribution in [3.05, 3.63) is 11.9 Å².